The van der Waals surface area contributed by atoms with E-state index in [2.05, 4.69) is 14.7 Å². The molecule has 0 spiro atoms. The average molecular weight is 238 g/mol. The standard InChI is InChI=1S/C10H10N2O3S/c1-5-4-11-9(16-5)8-7(10(13)14-3)12-6(2)15-8/h4H,1-3H3. The monoisotopic (exact) mass is 238 g/mol. The van der Waals surface area contributed by atoms with Gasteiger partial charge in [0, 0.05) is 18.0 Å². The molecule has 2 rings (SSSR count). The molecule has 2 heterocycles. The number of oxazole rings is 1. The first-order valence-electron chi connectivity index (χ1n) is 4.60. The minimum atomic E-state index is -0.514. The van der Waals surface area contributed by atoms with Crippen LogP contribution in [0.4, 0.5) is 0 Å². The number of nitrogens with zero attached hydrogens (tertiary/aromatic N) is 2. The lowest BCUT2D eigenvalue weighted by Gasteiger charge is -1.94. The van der Waals surface area contributed by atoms with Crippen LogP contribution in [0.2, 0.25) is 0 Å². The van der Waals surface area contributed by atoms with E-state index in [4.69, 9.17) is 4.42 Å². The minimum absolute atomic E-state index is 0.175. The van der Waals surface area contributed by atoms with Gasteiger partial charge in [-0.3, -0.25) is 0 Å². The molecule has 0 fully saturated rings. The van der Waals surface area contributed by atoms with Crippen molar-refractivity contribution in [2.75, 3.05) is 7.11 Å². The normalized spacial score (nSPS) is 10.4. The third-order valence-electron chi connectivity index (χ3n) is 1.93. The van der Waals surface area contributed by atoms with Gasteiger partial charge in [0.25, 0.3) is 0 Å². The third kappa shape index (κ3) is 1.83. The fourth-order valence-electron chi connectivity index (χ4n) is 1.27. The lowest BCUT2D eigenvalue weighted by atomic mass is 10.3. The number of hydrogen-bond donors (Lipinski definition) is 0. The van der Waals surface area contributed by atoms with Crippen LogP contribution in [0.25, 0.3) is 10.8 Å². The Kier molecular flexibility index (Phi) is 2.74. The number of hydrogen-bond acceptors (Lipinski definition) is 6. The van der Waals surface area contributed by atoms with Crippen molar-refractivity contribution >= 4 is 17.3 Å². The van der Waals surface area contributed by atoms with Crippen molar-refractivity contribution < 1.29 is 13.9 Å². The molecule has 0 atom stereocenters. The summed E-state index contributed by atoms with van der Waals surface area (Å²) in [6.07, 6.45) is 1.72. The molecule has 0 aliphatic carbocycles. The van der Waals surface area contributed by atoms with Crippen LogP contribution >= 0.6 is 11.3 Å². The number of ether oxygens (including phenoxy) is 1. The molecule has 6 heteroatoms. The fourth-order valence-corrected chi connectivity index (χ4v) is 2.01. The van der Waals surface area contributed by atoms with Crippen molar-refractivity contribution in [1.82, 2.24) is 9.97 Å². The van der Waals surface area contributed by atoms with Gasteiger partial charge in [0.2, 0.25) is 0 Å². The van der Waals surface area contributed by atoms with E-state index in [0.29, 0.717) is 16.7 Å². The molecule has 0 bridgehead atoms. The SMILES string of the molecule is COC(=O)c1nc(C)oc1-c1ncc(C)s1. The predicted octanol–water partition coefficient (Wildman–Crippen LogP) is 2.20. The number of aromatic nitrogens is 2. The topological polar surface area (TPSA) is 65.2 Å². The molecule has 0 unspecified atom stereocenters. The van der Waals surface area contributed by atoms with E-state index in [1.54, 1.807) is 13.1 Å². The first-order chi connectivity index (χ1) is 7.61. The quantitative estimate of drug-likeness (QED) is 0.750. The Morgan fingerprint density at radius 2 is 2.25 bits per heavy atom. The van der Waals surface area contributed by atoms with Gasteiger partial charge in [-0.2, -0.15) is 0 Å². The van der Waals surface area contributed by atoms with Crippen LogP contribution in [0, 0.1) is 13.8 Å². The Labute approximate surface area is 96.1 Å². The molecule has 2 aromatic heterocycles. The Morgan fingerprint density at radius 3 is 2.81 bits per heavy atom. The highest BCUT2D eigenvalue weighted by Gasteiger charge is 2.22. The predicted molar refractivity (Wildman–Crippen MR) is 58.4 cm³/mol. The van der Waals surface area contributed by atoms with Gasteiger partial charge >= 0.3 is 5.97 Å². The zero-order valence-corrected chi connectivity index (χ0v) is 9.92. The molecule has 0 aliphatic heterocycles. The van der Waals surface area contributed by atoms with Gasteiger partial charge in [-0.15, -0.1) is 11.3 Å². The number of esters is 1. The van der Waals surface area contributed by atoms with Crippen LogP contribution < -0.4 is 0 Å². The van der Waals surface area contributed by atoms with Gasteiger partial charge in [-0.1, -0.05) is 0 Å². The molecule has 0 aliphatic rings. The number of rotatable bonds is 2. The summed E-state index contributed by atoms with van der Waals surface area (Å²) < 4.78 is 10.0. The first kappa shape index (κ1) is 10.8. The molecule has 0 amide bonds. The van der Waals surface area contributed by atoms with E-state index in [0.717, 1.165) is 4.88 Å². The number of carbonyl (C=O) groups is 1. The highest BCUT2D eigenvalue weighted by molar-refractivity contribution is 7.14. The van der Waals surface area contributed by atoms with E-state index < -0.39 is 5.97 Å². The van der Waals surface area contributed by atoms with Crippen LogP contribution in [-0.4, -0.2) is 23.0 Å². The average Bonchev–Trinajstić information content (AvgIpc) is 2.83. The minimum Gasteiger partial charge on any atom is -0.464 e. The lowest BCUT2D eigenvalue weighted by molar-refractivity contribution is 0.0595. The highest BCUT2D eigenvalue weighted by atomic mass is 32.1. The lowest BCUT2D eigenvalue weighted by Crippen LogP contribution is -2.03. The molecule has 0 radical (unpaired) electrons. The van der Waals surface area contributed by atoms with Crippen LogP contribution in [0.15, 0.2) is 10.6 Å². The smallest absolute Gasteiger partial charge is 0.360 e. The summed E-state index contributed by atoms with van der Waals surface area (Å²) in [5.41, 5.74) is 0.175. The second kappa shape index (κ2) is 4.05. The molecule has 16 heavy (non-hydrogen) atoms. The first-order valence-corrected chi connectivity index (χ1v) is 5.42. The van der Waals surface area contributed by atoms with Gasteiger partial charge in [0.05, 0.1) is 7.11 Å². The highest BCUT2D eigenvalue weighted by Crippen LogP contribution is 2.28. The van der Waals surface area contributed by atoms with Crippen LogP contribution in [-0.2, 0) is 4.74 Å². The molecule has 84 valence electrons. The van der Waals surface area contributed by atoms with Crippen molar-refractivity contribution in [3.63, 3.8) is 0 Å². The van der Waals surface area contributed by atoms with E-state index >= 15 is 0 Å². The molecule has 0 saturated carbocycles. The van der Waals surface area contributed by atoms with Gasteiger partial charge in [-0.25, -0.2) is 14.8 Å². The zero-order valence-electron chi connectivity index (χ0n) is 9.10. The number of methoxy groups -OCH3 is 1. The maximum atomic E-state index is 11.5. The zero-order chi connectivity index (χ0) is 11.7. The molecule has 2 aromatic rings. The number of thiazole rings is 1. The summed E-state index contributed by atoms with van der Waals surface area (Å²) in [6.45, 7) is 3.61. The second-order valence-electron chi connectivity index (χ2n) is 3.18. The molecule has 0 aromatic carbocycles. The summed E-state index contributed by atoms with van der Waals surface area (Å²) in [5.74, 6) is 0.283. The summed E-state index contributed by atoms with van der Waals surface area (Å²) in [6, 6.07) is 0. The van der Waals surface area contributed by atoms with Gasteiger partial charge in [0.15, 0.2) is 22.4 Å². The van der Waals surface area contributed by atoms with Gasteiger partial charge < -0.3 is 9.15 Å². The van der Waals surface area contributed by atoms with E-state index in [1.165, 1.54) is 18.4 Å². The largest absolute Gasteiger partial charge is 0.464 e. The van der Waals surface area contributed by atoms with Crippen LogP contribution in [0.1, 0.15) is 21.3 Å². The van der Waals surface area contributed by atoms with Crippen LogP contribution in [0.5, 0.6) is 0 Å². The van der Waals surface area contributed by atoms with Crippen molar-refractivity contribution in [3.05, 3.63) is 22.7 Å². The molecule has 5 nitrogen and oxygen atoms in total. The number of carbonyl (C=O) groups excluding carboxylic acids is 1. The summed E-state index contributed by atoms with van der Waals surface area (Å²) in [5, 5.41) is 0.638. The Balaban J connectivity index is 2.52. The van der Waals surface area contributed by atoms with Crippen molar-refractivity contribution in [1.29, 1.82) is 0 Å². The van der Waals surface area contributed by atoms with Crippen molar-refractivity contribution in [2.24, 2.45) is 0 Å². The van der Waals surface area contributed by atoms with E-state index in [-0.39, 0.29) is 5.69 Å². The van der Waals surface area contributed by atoms with E-state index in [9.17, 15) is 4.79 Å². The maximum Gasteiger partial charge on any atom is 0.360 e. The molecular weight excluding hydrogens is 228 g/mol. The maximum absolute atomic E-state index is 11.5. The van der Waals surface area contributed by atoms with Gasteiger partial charge in [0.1, 0.15) is 0 Å². The molecule has 0 N–H and O–H groups in total. The Morgan fingerprint density at radius 1 is 1.50 bits per heavy atom. The summed E-state index contributed by atoms with van der Waals surface area (Å²) in [4.78, 5) is 20.6. The van der Waals surface area contributed by atoms with E-state index in [1.807, 2.05) is 6.92 Å². The number of aryl methyl sites for hydroxylation is 2. The Hall–Kier alpha value is -1.69. The second-order valence-corrected chi connectivity index (χ2v) is 4.41. The summed E-state index contributed by atoms with van der Waals surface area (Å²) in [7, 11) is 1.31. The fraction of sp³-hybridized carbons (Fsp3) is 0.300. The van der Waals surface area contributed by atoms with Crippen molar-refractivity contribution in [3.8, 4) is 10.8 Å². The molecule has 0 saturated heterocycles. The third-order valence-corrected chi connectivity index (χ3v) is 2.84. The van der Waals surface area contributed by atoms with Crippen LogP contribution in [0.3, 0.4) is 0 Å². The summed E-state index contributed by atoms with van der Waals surface area (Å²) >= 11 is 1.44. The van der Waals surface area contributed by atoms with Crippen molar-refractivity contribution in [2.45, 2.75) is 13.8 Å². The van der Waals surface area contributed by atoms with Gasteiger partial charge in [-0.05, 0) is 6.92 Å². The molecular formula is C10H10N2O3S. The Bertz CT molecular complexity index is 530.